The molecule has 10 heteroatoms. The number of alkyl halides is 3. The van der Waals surface area contributed by atoms with Crippen LogP contribution in [0.3, 0.4) is 0 Å². The highest BCUT2D eigenvalue weighted by atomic mass is 35.5. The van der Waals surface area contributed by atoms with Crippen molar-refractivity contribution in [2.45, 2.75) is 17.5 Å². The van der Waals surface area contributed by atoms with Crippen LogP contribution in [-0.4, -0.2) is 36.4 Å². The molecule has 0 unspecified atom stereocenters. The molecule has 0 aromatic heterocycles. The smallest absolute Gasteiger partial charge is 0.315 e. The van der Waals surface area contributed by atoms with E-state index in [4.69, 9.17) is 17.0 Å². The van der Waals surface area contributed by atoms with Gasteiger partial charge in [-0.15, -0.1) is 0 Å². The normalized spacial score (nSPS) is 27.3. The van der Waals surface area contributed by atoms with E-state index < -0.39 is 27.6 Å². The fourth-order valence-electron chi connectivity index (χ4n) is 2.66. The third kappa shape index (κ3) is 2.69. The molecular formula is C12H10ClF3N2O2S2. The minimum atomic E-state index is -4.53. The molecule has 2 heterocycles. The van der Waals surface area contributed by atoms with Crippen molar-refractivity contribution in [3.63, 3.8) is 0 Å². The zero-order valence-electron chi connectivity index (χ0n) is 10.9. The monoisotopic (exact) mass is 370 g/mol. The molecule has 120 valence electrons. The maximum Gasteiger partial charge on any atom is 0.416 e. The second kappa shape index (κ2) is 5.04. The van der Waals surface area contributed by atoms with Gasteiger partial charge in [0, 0.05) is 5.25 Å². The predicted molar refractivity (Wildman–Crippen MR) is 80.5 cm³/mol. The number of hydrogen-bond acceptors (Lipinski definition) is 4. The van der Waals surface area contributed by atoms with Gasteiger partial charge in [-0.1, -0.05) is 23.4 Å². The lowest BCUT2D eigenvalue weighted by atomic mass is 10.1. The summed E-state index contributed by atoms with van der Waals surface area (Å²) >= 11 is 7.04. The Morgan fingerprint density at radius 3 is 2.64 bits per heavy atom. The van der Waals surface area contributed by atoms with Gasteiger partial charge in [0.05, 0.1) is 33.8 Å². The maximum atomic E-state index is 12.9. The standard InChI is InChI=1S/C12H10ClF3N2O2S2/c13-7-2-1-6(12(14,15)16)3-8(7)18-9-4-22(19,20)5-10(9)21-11(18)17/h1-3,9-10,17H,4-5H2/t9-,10+/m1/s1. The van der Waals surface area contributed by atoms with E-state index in [1.54, 1.807) is 0 Å². The van der Waals surface area contributed by atoms with Crippen molar-refractivity contribution in [1.29, 1.82) is 5.41 Å². The number of sulfone groups is 1. The van der Waals surface area contributed by atoms with Crippen molar-refractivity contribution in [3.05, 3.63) is 28.8 Å². The summed E-state index contributed by atoms with van der Waals surface area (Å²) in [5, 5.41) is 7.68. The highest BCUT2D eigenvalue weighted by Gasteiger charge is 2.49. The summed E-state index contributed by atoms with van der Waals surface area (Å²) in [7, 11) is -3.25. The summed E-state index contributed by atoms with van der Waals surface area (Å²) < 4.78 is 62.0. The summed E-state index contributed by atoms with van der Waals surface area (Å²) in [6, 6.07) is 2.30. The lowest BCUT2D eigenvalue weighted by molar-refractivity contribution is -0.137. The lowest BCUT2D eigenvalue weighted by Crippen LogP contribution is -2.37. The van der Waals surface area contributed by atoms with Gasteiger partial charge in [-0.3, -0.25) is 5.41 Å². The van der Waals surface area contributed by atoms with Crippen molar-refractivity contribution >= 4 is 44.1 Å². The van der Waals surface area contributed by atoms with Crippen molar-refractivity contribution in [2.24, 2.45) is 0 Å². The van der Waals surface area contributed by atoms with Crippen LogP contribution in [0.15, 0.2) is 18.2 Å². The lowest BCUT2D eigenvalue weighted by Gasteiger charge is -2.25. The average molecular weight is 371 g/mol. The van der Waals surface area contributed by atoms with E-state index in [-0.39, 0.29) is 32.6 Å². The predicted octanol–water partition coefficient (Wildman–Crippen LogP) is 3.01. The Morgan fingerprint density at radius 2 is 2.00 bits per heavy atom. The second-order valence-corrected chi connectivity index (χ2v) is 8.93. The Bertz CT molecular complexity index is 751. The molecule has 1 aromatic carbocycles. The van der Waals surface area contributed by atoms with Gasteiger partial charge in [0.15, 0.2) is 15.0 Å². The van der Waals surface area contributed by atoms with Crippen molar-refractivity contribution in [1.82, 2.24) is 0 Å². The van der Waals surface area contributed by atoms with E-state index in [0.717, 1.165) is 30.0 Å². The van der Waals surface area contributed by atoms with Gasteiger partial charge in [0.25, 0.3) is 0 Å². The Balaban J connectivity index is 2.05. The number of hydrogen-bond donors (Lipinski definition) is 1. The Labute approximate surface area is 134 Å². The first-order valence-electron chi connectivity index (χ1n) is 6.20. The minimum absolute atomic E-state index is 0.0196. The number of thioether (sulfide) groups is 1. The average Bonchev–Trinajstić information content (AvgIpc) is 2.79. The summed E-state index contributed by atoms with van der Waals surface area (Å²) in [5.41, 5.74) is -0.854. The highest BCUT2D eigenvalue weighted by molar-refractivity contribution is 8.15. The first kappa shape index (κ1) is 15.9. The van der Waals surface area contributed by atoms with Gasteiger partial charge in [-0.2, -0.15) is 13.2 Å². The quantitative estimate of drug-likeness (QED) is 0.825. The van der Waals surface area contributed by atoms with E-state index >= 15 is 0 Å². The number of benzene rings is 1. The van der Waals surface area contributed by atoms with Crippen LogP contribution in [0, 0.1) is 5.41 Å². The molecule has 1 N–H and O–H groups in total. The van der Waals surface area contributed by atoms with Gasteiger partial charge in [0.2, 0.25) is 0 Å². The largest absolute Gasteiger partial charge is 0.416 e. The first-order chi connectivity index (χ1) is 10.1. The highest BCUT2D eigenvalue weighted by Crippen LogP contribution is 2.44. The topological polar surface area (TPSA) is 61.2 Å². The molecule has 0 bridgehead atoms. The van der Waals surface area contributed by atoms with Gasteiger partial charge in [-0.05, 0) is 18.2 Å². The Morgan fingerprint density at radius 1 is 1.32 bits per heavy atom. The molecule has 0 spiro atoms. The van der Waals surface area contributed by atoms with Crippen LogP contribution in [0.2, 0.25) is 5.02 Å². The van der Waals surface area contributed by atoms with E-state index in [0.29, 0.717) is 0 Å². The second-order valence-electron chi connectivity index (χ2n) is 5.14. The van der Waals surface area contributed by atoms with Crippen LogP contribution < -0.4 is 4.90 Å². The van der Waals surface area contributed by atoms with Crippen LogP contribution in [0.25, 0.3) is 0 Å². The van der Waals surface area contributed by atoms with Crippen LogP contribution >= 0.6 is 23.4 Å². The number of rotatable bonds is 1. The maximum absolute atomic E-state index is 12.9. The van der Waals surface area contributed by atoms with Crippen LogP contribution in [0.1, 0.15) is 5.56 Å². The van der Waals surface area contributed by atoms with Gasteiger partial charge in [0.1, 0.15) is 0 Å². The van der Waals surface area contributed by atoms with Gasteiger partial charge >= 0.3 is 6.18 Å². The number of halogens is 4. The fraction of sp³-hybridized carbons (Fsp3) is 0.417. The molecule has 0 amide bonds. The number of amidine groups is 1. The van der Waals surface area contributed by atoms with E-state index in [2.05, 4.69) is 0 Å². The molecule has 22 heavy (non-hydrogen) atoms. The molecule has 2 aliphatic rings. The fourth-order valence-corrected chi connectivity index (χ4v) is 6.66. The molecule has 0 saturated carbocycles. The first-order valence-corrected chi connectivity index (χ1v) is 9.28. The van der Waals surface area contributed by atoms with E-state index in [1.165, 1.54) is 4.90 Å². The molecular weight excluding hydrogens is 361 g/mol. The molecule has 2 saturated heterocycles. The number of nitrogens with one attached hydrogen (secondary N) is 1. The zero-order valence-corrected chi connectivity index (χ0v) is 13.3. The third-order valence-corrected chi connectivity index (χ3v) is 7.07. The van der Waals surface area contributed by atoms with E-state index in [9.17, 15) is 21.6 Å². The summed E-state index contributed by atoms with van der Waals surface area (Å²) in [6.45, 7) is 0. The Kier molecular flexibility index (Phi) is 3.65. The number of fused-ring (bicyclic) bond motifs is 1. The SMILES string of the molecule is N=C1S[C@H]2CS(=O)(=O)C[C@H]2N1c1cc(C(F)(F)F)ccc1Cl. The molecule has 4 nitrogen and oxygen atoms in total. The summed E-state index contributed by atoms with van der Waals surface area (Å²) in [5.74, 6) is -0.253. The van der Waals surface area contributed by atoms with Gasteiger partial charge in [-0.25, -0.2) is 8.42 Å². The number of nitrogens with zero attached hydrogens (tertiary/aromatic N) is 1. The molecule has 3 rings (SSSR count). The Hall–Kier alpha value is -0.930. The summed E-state index contributed by atoms with van der Waals surface area (Å²) in [6.07, 6.45) is -4.53. The molecule has 0 radical (unpaired) electrons. The van der Waals surface area contributed by atoms with Crippen LogP contribution in [0.5, 0.6) is 0 Å². The molecule has 2 atom stereocenters. The molecule has 2 aliphatic heterocycles. The number of anilines is 1. The minimum Gasteiger partial charge on any atom is -0.315 e. The molecule has 1 aromatic rings. The van der Waals surface area contributed by atoms with Crippen molar-refractivity contribution in [3.8, 4) is 0 Å². The molecule has 2 fully saturated rings. The van der Waals surface area contributed by atoms with Gasteiger partial charge < -0.3 is 4.90 Å². The van der Waals surface area contributed by atoms with Crippen LogP contribution in [-0.2, 0) is 16.0 Å². The van der Waals surface area contributed by atoms with E-state index in [1.807, 2.05) is 0 Å². The van der Waals surface area contributed by atoms with Crippen molar-refractivity contribution < 1.29 is 21.6 Å². The molecule has 0 aliphatic carbocycles. The summed E-state index contributed by atoms with van der Waals surface area (Å²) in [4.78, 5) is 1.30. The zero-order chi connectivity index (χ0) is 16.3. The van der Waals surface area contributed by atoms with Crippen LogP contribution in [0.4, 0.5) is 18.9 Å². The third-order valence-electron chi connectivity index (χ3n) is 3.62. The van der Waals surface area contributed by atoms with Crippen molar-refractivity contribution in [2.75, 3.05) is 16.4 Å².